The maximum Gasteiger partial charge on any atom is 0.0991 e. The molecule has 0 unspecified atom stereocenters. The molecule has 0 aliphatic carbocycles. The second-order valence-electron chi connectivity index (χ2n) is 10.1. The van der Waals surface area contributed by atoms with Gasteiger partial charge < -0.3 is 4.57 Å². The van der Waals surface area contributed by atoms with Crippen LogP contribution in [-0.2, 0) is 0 Å². The molecule has 0 atom stereocenters. The summed E-state index contributed by atoms with van der Waals surface area (Å²) in [4.78, 5) is 0. The van der Waals surface area contributed by atoms with Crippen molar-refractivity contribution in [2.75, 3.05) is 0 Å². The van der Waals surface area contributed by atoms with Gasteiger partial charge in [0.25, 0.3) is 0 Å². The summed E-state index contributed by atoms with van der Waals surface area (Å²) in [5.74, 6) is 0. The first kappa shape index (κ1) is 22.8. The lowest BCUT2D eigenvalue weighted by Gasteiger charge is -2.14. The van der Waals surface area contributed by atoms with Crippen molar-refractivity contribution in [2.45, 2.75) is 0 Å². The number of benzene rings is 6. The molecule has 8 rings (SSSR count). The number of aromatic nitrogens is 1. The maximum atomic E-state index is 9.60. The summed E-state index contributed by atoms with van der Waals surface area (Å²) in [5, 5.41) is 14.7. The minimum Gasteiger partial charge on any atom is -0.309 e. The molecule has 0 fully saturated rings. The zero-order chi connectivity index (χ0) is 26.6. The molecule has 0 radical (unpaired) electrons. The highest BCUT2D eigenvalue weighted by Crippen LogP contribution is 2.39. The molecule has 0 spiro atoms. The summed E-state index contributed by atoms with van der Waals surface area (Å²) < 4.78 is 4.97. The second kappa shape index (κ2) is 8.95. The van der Waals surface area contributed by atoms with Crippen LogP contribution in [0, 0.1) is 11.3 Å². The van der Waals surface area contributed by atoms with Crippen molar-refractivity contribution in [3.8, 4) is 34.0 Å². The lowest BCUT2D eigenvalue weighted by Crippen LogP contribution is -1.96. The van der Waals surface area contributed by atoms with E-state index in [0.29, 0.717) is 5.56 Å². The molecule has 0 N–H and O–H groups in total. The van der Waals surface area contributed by atoms with Crippen LogP contribution in [-0.4, -0.2) is 4.57 Å². The van der Waals surface area contributed by atoms with Crippen molar-refractivity contribution >= 4 is 53.3 Å². The Labute approximate surface area is 235 Å². The first-order valence-corrected chi connectivity index (χ1v) is 14.1. The first-order valence-electron chi connectivity index (χ1n) is 13.3. The zero-order valence-electron chi connectivity index (χ0n) is 21.5. The Kier molecular flexibility index (Phi) is 5.10. The van der Waals surface area contributed by atoms with Gasteiger partial charge in [-0.05, 0) is 82.9 Å². The predicted molar refractivity (Wildman–Crippen MR) is 169 cm³/mol. The van der Waals surface area contributed by atoms with Gasteiger partial charge in [-0.1, -0.05) is 72.8 Å². The summed E-state index contributed by atoms with van der Waals surface area (Å²) in [7, 11) is 0. The molecular formula is C37H22N2S. The first-order chi connectivity index (χ1) is 19.8. The summed E-state index contributed by atoms with van der Waals surface area (Å²) in [5.41, 5.74) is 8.56. The third-order valence-corrected chi connectivity index (χ3v) is 8.94. The Balaban J connectivity index is 1.43. The van der Waals surface area contributed by atoms with Gasteiger partial charge >= 0.3 is 0 Å². The molecule has 2 heterocycles. The Morgan fingerprint density at radius 3 is 1.82 bits per heavy atom. The van der Waals surface area contributed by atoms with E-state index < -0.39 is 0 Å². The number of nitriles is 1. The van der Waals surface area contributed by atoms with Crippen molar-refractivity contribution in [1.29, 1.82) is 5.26 Å². The topological polar surface area (TPSA) is 28.7 Å². The fourth-order valence-electron chi connectivity index (χ4n) is 5.95. The predicted octanol–water partition coefficient (Wildman–Crippen LogP) is 10.4. The highest BCUT2D eigenvalue weighted by Gasteiger charge is 2.15. The molecular weight excluding hydrogens is 504 g/mol. The average Bonchev–Trinajstić information content (AvgIpc) is 3.56. The summed E-state index contributed by atoms with van der Waals surface area (Å²) in [6.45, 7) is 0. The molecule has 3 heteroatoms. The monoisotopic (exact) mass is 526 g/mol. The molecule has 40 heavy (non-hydrogen) atoms. The van der Waals surface area contributed by atoms with Crippen molar-refractivity contribution in [3.05, 3.63) is 139 Å². The summed E-state index contributed by atoms with van der Waals surface area (Å²) >= 11 is 1.84. The van der Waals surface area contributed by atoms with Gasteiger partial charge in [0.15, 0.2) is 0 Å². The van der Waals surface area contributed by atoms with Crippen molar-refractivity contribution in [2.24, 2.45) is 0 Å². The van der Waals surface area contributed by atoms with E-state index in [1.54, 1.807) is 0 Å². The smallest absolute Gasteiger partial charge is 0.0991 e. The van der Waals surface area contributed by atoms with Crippen LogP contribution in [0.3, 0.4) is 0 Å². The number of para-hydroxylation sites is 2. The molecule has 0 bridgehead atoms. The molecule has 0 saturated carbocycles. The van der Waals surface area contributed by atoms with Gasteiger partial charge in [0.2, 0.25) is 0 Å². The van der Waals surface area contributed by atoms with E-state index >= 15 is 0 Å². The number of hydrogen-bond acceptors (Lipinski definition) is 2. The van der Waals surface area contributed by atoms with Gasteiger partial charge in [-0.3, -0.25) is 0 Å². The van der Waals surface area contributed by atoms with Gasteiger partial charge in [-0.2, -0.15) is 5.26 Å². The standard InChI is InChI=1S/C37H22N2S/c38-23-24-8-7-9-25(18-24)27-19-28(26-16-17-37-33(22-26)32-12-3-6-15-36(32)40-37)21-29(20-27)39-34-13-4-1-10-30(34)31-11-2-5-14-35(31)39/h1-22H. The number of fused-ring (bicyclic) bond motifs is 6. The van der Waals surface area contributed by atoms with Crippen LogP contribution in [0.5, 0.6) is 0 Å². The van der Waals surface area contributed by atoms with Crippen molar-refractivity contribution in [3.63, 3.8) is 0 Å². The molecule has 0 aliphatic heterocycles. The van der Waals surface area contributed by atoms with Crippen molar-refractivity contribution in [1.82, 2.24) is 4.57 Å². The summed E-state index contributed by atoms with van der Waals surface area (Å²) in [6.07, 6.45) is 0. The number of rotatable bonds is 3. The lowest BCUT2D eigenvalue weighted by atomic mass is 9.96. The quantitative estimate of drug-likeness (QED) is 0.225. The van der Waals surface area contributed by atoms with E-state index in [-0.39, 0.29) is 0 Å². The van der Waals surface area contributed by atoms with Gasteiger partial charge in [-0.25, -0.2) is 0 Å². The van der Waals surface area contributed by atoms with E-state index in [2.05, 4.69) is 126 Å². The van der Waals surface area contributed by atoms with Crippen LogP contribution in [0.2, 0.25) is 0 Å². The summed E-state index contributed by atoms with van der Waals surface area (Å²) in [6, 6.07) is 49.6. The Morgan fingerprint density at radius 1 is 0.475 bits per heavy atom. The number of hydrogen-bond donors (Lipinski definition) is 0. The highest BCUT2D eigenvalue weighted by molar-refractivity contribution is 7.25. The normalized spacial score (nSPS) is 11.5. The molecule has 6 aromatic carbocycles. The molecule has 2 aromatic heterocycles. The highest BCUT2D eigenvalue weighted by atomic mass is 32.1. The van der Waals surface area contributed by atoms with E-state index in [9.17, 15) is 5.26 Å². The Hall–Kier alpha value is -5.17. The van der Waals surface area contributed by atoms with E-state index in [1.165, 1.54) is 47.5 Å². The molecule has 8 aromatic rings. The van der Waals surface area contributed by atoms with Gasteiger partial charge in [0.05, 0.1) is 22.7 Å². The Bertz CT molecular complexity index is 2240. The van der Waals surface area contributed by atoms with Crippen LogP contribution >= 0.6 is 11.3 Å². The third kappa shape index (κ3) is 3.55. The molecule has 186 valence electrons. The largest absolute Gasteiger partial charge is 0.309 e. The fourth-order valence-corrected chi connectivity index (χ4v) is 7.03. The SMILES string of the molecule is N#Cc1cccc(-c2cc(-c3ccc4sc5ccccc5c4c3)cc(-n3c4ccccc4c4ccccc43)c2)c1. The van der Waals surface area contributed by atoms with Crippen molar-refractivity contribution < 1.29 is 0 Å². The van der Waals surface area contributed by atoms with Crippen LogP contribution in [0.1, 0.15) is 5.56 Å². The maximum absolute atomic E-state index is 9.60. The number of nitrogens with zero attached hydrogens (tertiary/aromatic N) is 2. The zero-order valence-corrected chi connectivity index (χ0v) is 22.3. The second-order valence-corrected chi connectivity index (χ2v) is 11.2. The minimum absolute atomic E-state index is 0.660. The number of thiophene rings is 1. The fraction of sp³-hybridized carbons (Fsp3) is 0. The molecule has 0 saturated heterocycles. The average molecular weight is 527 g/mol. The molecule has 0 aliphatic rings. The van der Waals surface area contributed by atoms with E-state index in [1.807, 2.05) is 29.5 Å². The van der Waals surface area contributed by atoms with Crippen LogP contribution < -0.4 is 0 Å². The third-order valence-electron chi connectivity index (χ3n) is 7.79. The van der Waals surface area contributed by atoms with Gasteiger partial charge in [-0.15, -0.1) is 11.3 Å². The Morgan fingerprint density at radius 2 is 1.10 bits per heavy atom. The van der Waals surface area contributed by atoms with E-state index in [4.69, 9.17) is 0 Å². The van der Waals surface area contributed by atoms with E-state index in [0.717, 1.165) is 22.4 Å². The van der Waals surface area contributed by atoms with Crippen LogP contribution in [0.25, 0.3) is 69.9 Å². The van der Waals surface area contributed by atoms with Crippen LogP contribution in [0.4, 0.5) is 0 Å². The minimum atomic E-state index is 0.660. The van der Waals surface area contributed by atoms with Gasteiger partial charge in [0, 0.05) is 36.6 Å². The molecule has 2 nitrogen and oxygen atoms in total. The van der Waals surface area contributed by atoms with Gasteiger partial charge in [0.1, 0.15) is 0 Å². The lowest BCUT2D eigenvalue weighted by molar-refractivity contribution is 1.18. The van der Waals surface area contributed by atoms with Crippen LogP contribution in [0.15, 0.2) is 133 Å². The molecule has 0 amide bonds.